The molecule has 0 saturated carbocycles. The fourth-order valence-electron chi connectivity index (χ4n) is 3.22. The lowest BCUT2D eigenvalue weighted by atomic mass is 9.94. The van der Waals surface area contributed by atoms with Crippen LogP contribution in [0.5, 0.6) is 5.75 Å². The molecule has 2 heterocycles. The minimum absolute atomic E-state index is 0.383. The largest absolute Gasteiger partial charge is 0.496 e. The van der Waals surface area contributed by atoms with Crippen LogP contribution in [0.3, 0.4) is 0 Å². The Morgan fingerprint density at radius 1 is 1.24 bits per heavy atom. The lowest BCUT2D eigenvalue weighted by molar-refractivity contribution is -0.287. The van der Waals surface area contributed by atoms with Crippen molar-refractivity contribution in [1.82, 2.24) is 4.90 Å². The summed E-state index contributed by atoms with van der Waals surface area (Å²) in [6, 6.07) is 5.68. The van der Waals surface area contributed by atoms with Crippen molar-refractivity contribution in [2.45, 2.75) is 48.7 Å². The first-order chi connectivity index (χ1) is 13.6. The van der Waals surface area contributed by atoms with Gasteiger partial charge in [0.05, 0.1) is 13.7 Å². The van der Waals surface area contributed by atoms with Crippen LogP contribution in [0.2, 0.25) is 0 Å². The number of aliphatic hydroxyl groups excluding tert-OH is 2. The molecule has 0 spiro atoms. The average Bonchev–Trinajstić information content (AvgIpc) is 3.09. The van der Waals surface area contributed by atoms with Gasteiger partial charge in [-0.1, -0.05) is 30.0 Å². The number of halogens is 3. The maximum atomic E-state index is 13.8. The highest BCUT2D eigenvalue weighted by atomic mass is 32.2. The molecule has 0 radical (unpaired) electrons. The van der Waals surface area contributed by atoms with Crippen LogP contribution in [0.25, 0.3) is 0 Å². The van der Waals surface area contributed by atoms with Crippen LogP contribution in [0.15, 0.2) is 29.3 Å². The van der Waals surface area contributed by atoms with Crippen LogP contribution in [-0.2, 0) is 16.1 Å². The molecule has 1 fully saturated rings. The first-order valence-corrected chi connectivity index (χ1v) is 9.75. The number of rotatable bonds is 5. The quantitative estimate of drug-likeness (QED) is 0.726. The monoisotopic (exact) mass is 436 g/mol. The number of methoxy groups -OCH3 is 1. The molecule has 0 unspecified atom stereocenters. The van der Waals surface area contributed by atoms with E-state index in [0.717, 1.165) is 11.8 Å². The predicted molar refractivity (Wildman–Crippen MR) is 101 cm³/mol. The second kappa shape index (κ2) is 8.68. The van der Waals surface area contributed by atoms with E-state index >= 15 is 0 Å². The molecule has 3 rings (SSSR count). The van der Waals surface area contributed by atoms with Crippen molar-refractivity contribution in [1.29, 1.82) is 0 Å². The van der Waals surface area contributed by atoms with Gasteiger partial charge in [-0.2, -0.15) is 13.2 Å². The van der Waals surface area contributed by atoms with E-state index < -0.39 is 48.7 Å². The van der Waals surface area contributed by atoms with Crippen LogP contribution >= 0.6 is 11.8 Å². The van der Waals surface area contributed by atoms with Crippen molar-refractivity contribution in [2.24, 2.45) is 4.99 Å². The fourth-order valence-corrected chi connectivity index (χ4v) is 4.36. The Hall–Kier alpha value is -1.53. The van der Waals surface area contributed by atoms with E-state index in [1.54, 1.807) is 43.3 Å². The van der Waals surface area contributed by atoms with E-state index in [1.807, 2.05) is 0 Å². The molecule has 11 heteroatoms. The summed E-state index contributed by atoms with van der Waals surface area (Å²) in [7, 11) is 4.85. The van der Waals surface area contributed by atoms with Crippen molar-refractivity contribution in [2.75, 3.05) is 21.2 Å². The summed E-state index contributed by atoms with van der Waals surface area (Å²) in [6.07, 6.45) is -12.4. The number of alkyl halides is 3. The number of amidine groups is 1. The molecular weight excluding hydrogens is 413 g/mol. The zero-order chi connectivity index (χ0) is 21.3. The van der Waals surface area contributed by atoms with Gasteiger partial charge in [-0.25, -0.2) is 0 Å². The van der Waals surface area contributed by atoms with Crippen molar-refractivity contribution < 1.29 is 37.6 Å². The minimum atomic E-state index is -4.82. The molecule has 29 heavy (non-hydrogen) atoms. The van der Waals surface area contributed by atoms with Crippen LogP contribution in [-0.4, -0.2) is 83.6 Å². The van der Waals surface area contributed by atoms with Gasteiger partial charge in [-0.15, -0.1) is 0 Å². The third kappa shape index (κ3) is 4.64. The number of hydrogen-bond donors (Lipinski definition) is 2. The number of aliphatic imine (C=N–C) groups is 1. The number of benzene rings is 1. The highest BCUT2D eigenvalue weighted by molar-refractivity contribution is 8.14. The van der Waals surface area contributed by atoms with Gasteiger partial charge in [0.1, 0.15) is 35.5 Å². The number of fused-ring (bicyclic) bond motifs is 1. The summed E-state index contributed by atoms with van der Waals surface area (Å²) >= 11 is 1.10. The highest BCUT2D eigenvalue weighted by Gasteiger charge is 2.57. The van der Waals surface area contributed by atoms with E-state index in [1.165, 1.54) is 7.11 Å². The van der Waals surface area contributed by atoms with Crippen LogP contribution in [0.1, 0.15) is 5.56 Å². The second-order valence-corrected chi connectivity index (χ2v) is 8.02. The molecule has 162 valence electrons. The Morgan fingerprint density at radius 2 is 1.93 bits per heavy atom. The summed E-state index contributed by atoms with van der Waals surface area (Å²) in [5.41, 5.74) is -0.433. The van der Waals surface area contributed by atoms with Gasteiger partial charge in [0, 0.05) is 19.7 Å². The van der Waals surface area contributed by atoms with Crippen molar-refractivity contribution in [3.8, 4) is 5.75 Å². The molecule has 0 bridgehead atoms. The Kier molecular flexibility index (Phi) is 6.64. The van der Waals surface area contributed by atoms with Gasteiger partial charge in [0.15, 0.2) is 11.3 Å². The average molecular weight is 436 g/mol. The first-order valence-electron chi connectivity index (χ1n) is 8.87. The third-order valence-corrected chi connectivity index (χ3v) is 6.01. The Balaban J connectivity index is 1.79. The van der Waals surface area contributed by atoms with Gasteiger partial charge in [0.2, 0.25) is 0 Å². The number of hydrogen-bond acceptors (Lipinski definition) is 8. The zero-order valence-corrected chi connectivity index (χ0v) is 16.9. The lowest BCUT2D eigenvalue weighted by Crippen LogP contribution is -2.61. The Labute approximate surface area is 170 Å². The van der Waals surface area contributed by atoms with Gasteiger partial charge in [-0.05, 0) is 6.07 Å². The smallest absolute Gasteiger partial charge is 0.417 e. The molecule has 2 N–H and O–H groups in total. The summed E-state index contributed by atoms with van der Waals surface area (Å²) < 4.78 is 57.1. The van der Waals surface area contributed by atoms with Crippen molar-refractivity contribution >= 4 is 16.9 Å². The molecule has 1 aromatic carbocycles. The number of thioether (sulfide) groups is 1. The summed E-state index contributed by atoms with van der Waals surface area (Å²) in [5, 5.41) is 21.3. The molecule has 6 atom stereocenters. The molecule has 7 nitrogen and oxygen atoms in total. The van der Waals surface area contributed by atoms with E-state index in [-0.39, 0.29) is 0 Å². The zero-order valence-electron chi connectivity index (χ0n) is 16.0. The fraction of sp³-hybridized carbons (Fsp3) is 0.611. The van der Waals surface area contributed by atoms with Crippen LogP contribution in [0.4, 0.5) is 13.2 Å². The van der Waals surface area contributed by atoms with Crippen LogP contribution in [0, 0.1) is 0 Å². The SMILES string of the molecule is COc1ccccc1CO[C@H]([C@H]1O[C@@H]2SC(N(C)C)=N[C@@H]2[C@@H](O)[C@@H]1O)C(F)(F)F. The summed E-state index contributed by atoms with van der Waals surface area (Å²) in [4.78, 5) is 5.91. The Morgan fingerprint density at radius 3 is 2.55 bits per heavy atom. The lowest BCUT2D eigenvalue weighted by Gasteiger charge is -2.41. The van der Waals surface area contributed by atoms with E-state index in [2.05, 4.69) is 4.99 Å². The number of nitrogens with zero attached hydrogens (tertiary/aromatic N) is 2. The molecule has 0 amide bonds. The first kappa shape index (κ1) is 22.2. The molecule has 0 aliphatic carbocycles. The summed E-state index contributed by atoms with van der Waals surface area (Å²) in [5.74, 6) is 0.383. The maximum Gasteiger partial charge on any atom is 0.417 e. The molecule has 2 aliphatic heterocycles. The normalized spacial score (nSPS) is 30.5. The summed E-state index contributed by atoms with van der Waals surface area (Å²) in [6.45, 7) is -0.405. The highest BCUT2D eigenvalue weighted by Crippen LogP contribution is 2.41. The maximum absolute atomic E-state index is 13.8. The minimum Gasteiger partial charge on any atom is -0.496 e. The topological polar surface area (TPSA) is 83.8 Å². The molecule has 0 aromatic heterocycles. The number of para-hydroxylation sites is 1. The number of aliphatic hydroxyl groups is 2. The molecule has 1 saturated heterocycles. The molecular formula is C18H23F3N2O5S. The van der Waals surface area contributed by atoms with Crippen molar-refractivity contribution in [3.05, 3.63) is 29.8 Å². The molecule has 1 aromatic rings. The van der Waals surface area contributed by atoms with E-state index in [4.69, 9.17) is 14.2 Å². The van der Waals surface area contributed by atoms with Gasteiger partial charge >= 0.3 is 6.18 Å². The van der Waals surface area contributed by atoms with Gasteiger partial charge in [0.25, 0.3) is 0 Å². The van der Waals surface area contributed by atoms with E-state index in [0.29, 0.717) is 16.5 Å². The standard InChI is InChI=1S/C18H23F3N2O5S/c1-23(2)17-22-11-12(24)13(25)14(28-16(11)29-17)15(18(19,20)21)27-8-9-6-4-5-7-10(9)26-3/h4-7,11-16,24-25H,8H2,1-3H3/t11-,12-,13+,14+,15-,16-/m1/s1. The van der Waals surface area contributed by atoms with Crippen LogP contribution < -0.4 is 4.74 Å². The second-order valence-electron chi connectivity index (χ2n) is 6.95. The third-order valence-electron chi connectivity index (χ3n) is 4.70. The Bertz CT molecular complexity index is 748. The predicted octanol–water partition coefficient (Wildman–Crippen LogP) is 1.62. The van der Waals surface area contributed by atoms with E-state index in [9.17, 15) is 23.4 Å². The van der Waals surface area contributed by atoms with Gasteiger partial charge < -0.3 is 29.3 Å². The number of ether oxygens (including phenoxy) is 3. The van der Waals surface area contributed by atoms with Gasteiger partial charge in [-0.3, -0.25) is 4.99 Å². The van der Waals surface area contributed by atoms with Crippen molar-refractivity contribution in [3.63, 3.8) is 0 Å². The molecule has 2 aliphatic rings.